The summed E-state index contributed by atoms with van der Waals surface area (Å²) < 4.78 is 0. The van der Waals surface area contributed by atoms with E-state index in [4.69, 9.17) is 5.11 Å². The van der Waals surface area contributed by atoms with Gasteiger partial charge in [-0.1, -0.05) is 0 Å². The van der Waals surface area contributed by atoms with Crippen molar-refractivity contribution in [3.63, 3.8) is 0 Å². The highest BCUT2D eigenvalue weighted by Gasteiger charge is 2.18. The van der Waals surface area contributed by atoms with Gasteiger partial charge in [0.15, 0.2) is 0 Å². The van der Waals surface area contributed by atoms with Crippen LogP contribution >= 0.6 is 11.3 Å². The minimum atomic E-state index is -1.05. The number of carbonyl (C=O) groups excluding carboxylic acids is 1. The Bertz CT molecular complexity index is 695. The lowest BCUT2D eigenvalue weighted by molar-refractivity contribution is 0.0703. The number of hydrogen-bond acceptors (Lipinski definition) is 5. The summed E-state index contributed by atoms with van der Waals surface area (Å²) in [7, 11) is 3.66. The number of nitrogens with zero attached hydrogens (tertiary/aromatic N) is 2. The molecule has 0 aromatic carbocycles. The van der Waals surface area contributed by atoms with E-state index in [0.29, 0.717) is 17.1 Å². The molecule has 0 saturated heterocycles. The van der Waals surface area contributed by atoms with Crippen LogP contribution in [0.3, 0.4) is 0 Å². The van der Waals surface area contributed by atoms with Crippen LogP contribution in [0, 0.1) is 6.92 Å². The largest absolute Gasteiger partial charge is 0.477 e. The Kier molecular flexibility index (Phi) is 4.23. The Morgan fingerprint density at radius 1 is 1.38 bits per heavy atom. The molecule has 21 heavy (non-hydrogen) atoms. The molecular weight excluding hydrogens is 290 g/mol. The van der Waals surface area contributed by atoms with E-state index in [1.54, 1.807) is 35.5 Å². The number of aromatic nitrogens is 1. The van der Waals surface area contributed by atoms with Gasteiger partial charge in [0.05, 0.1) is 5.69 Å². The number of carboxylic acid groups (broad SMARTS) is 1. The van der Waals surface area contributed by atoms with Crippen molar-refractivity contribution >= 4 is 34.7 Å². The molecule has 2 heterocycles. The van der Waals surface area contributed by atoms with E-state index in [1.807, 2.05) is 14.1 Å². The number of amides is 1. The Morgan fingerprint density at radius 3 is 2.71 bits per heavy atom. The van der Waals surface area contributed by atoms with Gasteiger partial charge in [-0.3, -0.25) is 4.79 Å². The zero-order valence-corrected chi connectivity index (χ0v) is 12.7. The molecule has 0 aliphatic carbocycles. The van der Waals surface area contributed by atoms with Crippen LogP contribution in [0.25, 0.3) is 0 Å². The maximum Gasteiger partial charge on any atom is 0.348 e. The highest BCUT2D eigenvalue weighted by molar-refractivity contribution is 7.12. The van der Waals surface area contributed by atoms with Crippen molar-refractivity contribution in [2.24, 2.45) is 0 Å². The standard InChI is InChI=1S/C14H15N3O3S/c1-8-7-21-12(14(19)20)11(8)16-13(18)9-4-5-15-10(6-9)17(2)3/h4-7H,1-3H3,(H,16,18)(H,19,20). The van der Waals surface area contributed by atoms with E-state index in [-0.39, 0.29) is 10.8 Å². The Morgan fingerprint density at radius 2 is 2.10 bits per heavy atom. The first-order chi connectivity index (χ1) is 9.90. The Labute approximate surface area is 126 Å². The summed E-state index contributed by atoms with van der Waals surface area (Å²) in [5.41, 5.74) is 1.50. The van der Waals surface area contributed by atoms with E-state index < -0.39 is 5.97 Å². The number of carbonyl (C=O) groups is 2. The molecule has 0 unspecified atom stereocenters. The molecular formula is C14H15N3O3S. The van der Waals surface area contributed by atoms with Gasteiger partial charge in [0.1, 0.15) is 10.7 Å². The molecule has 0 saturated carbocycles. The molecule has 7 heteroatoms. The smallest absolute Gasteiger partial charge is 0.348 e. The van der Waals surface area contributed by atoms with Crippen molar-refractivity contribution < 1.29 is 14.7 Å². The molecule has 2 N–H and O–H groups in total. The second-order valence-electron chi connectivity index (χ2n) is 4.68. The maximum absolute atomic E-state index is 12.3. The number of aromatic carboxylic acids is 1. The lowest BCUT2D eigenvalue weighted by Crippen LogP contribution is -2.16. The third kappa shape index (κ3) is 3.19. The molecule has 2 aromatic heterocycles. The molecule has 110 valence electrons. The van der Waals surface area contributed by atoms with Gasteiger partial charge in [-0.05, 0) is 30.0 Å². The Balaban J connectivity index is 2.28. The van der Waals surface area contributed by atoms with Crippen molar-refractivity contribution in [3.05, 3.63) is 39.7 Å². The Hall–Kier alpha value is -2.41. The van der Waals surface area contributed by atoms with Crippen molar-refractivity contribution in [2.45, 2.75) is 6.92 Å². The molecule has 1 amide bonds. The van der Waals surface area contributed by atoms with Crippen LogP contribution < -0.4 is 10.2 Å². The first-order valence-corrected chi connectivity index (χ1v) is 7.04. The van der Waals surface area contributed by atoms with Gasteiger partial charge < -0.3 is 15.3 Å². The fourth-order valence-corrected chi connectivity index (χ4v) is 2.59. The highest BCUT2D eigenvalue weighted by Crippen LogP contribution is 2.28. The number of anilines is 2. The summed E-state index contributed by atoms with van der Waals surface area (Å²) in [5.74, 6) is -0.750. The van der Waals surface area contributed by atoms with Gasteiger partial charge in [0.2, 0.25) is 0 Å². The normalized spacial score (nSPS) is 10.2. The zero-order chi connectivity index (χ0) is 15.6. The second-order valence-corrected chi connectivity index (χ2v) is 5.56. The third-order valence-corrected chi connectivity index (χ3v) is 3.96. The van der Waals surface area contributed by atoms with Crippen LogP contribution in [0.15, 0.2) is 23.7 Å². The quantitative estimate of drug-likeness (QED) is 0.906. The second kappa shape index (κ2) is 5.92. The molecule has 0 atom stereocenters. The summed E-state index contributed by atoms with van der Waals surface area (Å²) in [4.78, 5) is 29.5. The van der Waals surface area contributed by atoms with Crippen LogP contribution in [0.5, 0.6) is 0 Å². The third-order valence-electron chi connectivity index (χ3n) is 2.87. The SMILES string of the molecule is Cc1csc(C(=O)O)c1NC(=O)c1ccnc(N(C)C)c1. The minimum absolute atomic E-state index is 0.128. The van der Waals surface area contributed by atoms with E-state index in [2.05, 4.69) is 10.3 Å². The van der Waals surface area contributed by atoms with Crippen LogP contribution in [0.2, 0.25) is 0 Å². The van der Waals surface area contributed by atoms with Crippen molar-refractivity contribution in [3.8, 4) is 0 Å². The summed E-state index contributed by atoms with van der Waals surface area (Å²) in [6.07, 6.45) is 1.54. The van der Waals surface area contributed by atoms with Gasteiger partial charge in [-0.15, -0.1) is 11.3 Å². The summed E-state index contributed by atoms with van der Waals surface area (Å²) in [6, 6.07) is 3.24. The fraction of sp³-hybridized carbons (Fsp3) is 0.214. The first-order valence-electron chi connectivity index (χ1n) is 6.16. The van der Waals surface area contributed by atoms with Gasteiger partial charge in [-0.25, -0.2) is 9.78 Å². The van der Waals surface area contributed by atoms with Crippen LogP contribution in [0.1, 0.15) is 25.6 Å². The van der Waals surface area contributed by atoms with Crippen molar-refractivity contribution in [2.75, 3.05) is 24.3 Å². The van der Waals surface area contributed by atoms with Crippen LogP contribution in [0.4, 0.5) is 11.5 Å². The van der Waals surface area contributed by atoms with Crippen molar-refractivity contribution in [1.29, 1.82) is 0 Å². The number of thiophene rings is 1. The molecule has 6 nitrogen and oxygen atoms in total. The molecule has 2 aromatic rings. The maximum atomic E-state index is 12.3. The number of nitrogens with one attached hydrogen (secondary N) is 1. The van der Waals surface area contributed by atoms with E-state index in [9.17, 15) is 9.59 Å². The molecule has 0 bridgehead atoms. The summed E-state index contributed by atoms with van der Waals surface area (Å²) >= 11 is 1.09. The first kappa shape index (κ1) is 15.0. The topological polar surface area (TPSA) is 82.5 Å². The lowest BCUT2D eigenvalue weighted by Gasteiger charge is -2.12. The van der Waals surface area contributed by atoms with Crippen LogP contribution in [-0.4, -0.2) is 36.1 Å². The monoisotopic (exact) mass is 305 g/mol. The number of aryl methyl sites for hydroxylation is 1. The van der Waals surface area contributed by atoms with E-state index in [1.165, 1.54) is 0 Å². The average Bonchev–Trinajstić information content (AvgIpc) is 2.80. The zero-order valence-electron chi connectivity index (χ0n) is 11.9. The fourth-order valence-electron chi connectivity index (χ4n) is 1.75. The molecule has 0 spiro atoms. The number of pyridine rings is 1. The van der Waals surface area contributed by atoms with Gasteiger partial charge in [0.25, 0.3) is 5.91 Å². The van der Waals surface area contributed by atoms with Gasteiger partial charge in [-0.2, -0.15) is 0 Å². The predicted molar refractivity (Wildman–Crippen MR) is 82.5 cm³/mol. The minimum Gasteiger partial charge on any atom is -0.477 e. The number of rotatable bonds is 4. The van der Waals surface area contributed by atoms with Gasteiger partial charge in [0, 0.05) is 25.9 Å². The van der Waals surface area contributed by atoms with E-state index >= 15 is 0 Å². The lowest BCUT2D eigenvalue weighted by atomic mass is 10.2. The molecule has 0 aliphatic heterocycles. The predicted octanol–water partition coefficient (Wildman–Crippen LogP) is 2.47. The molecule has 0 radical (unpaired) electrons. The number of carboxylic acids is 1. The average molecular weight is 305 g/mol. The van der Waals surface area contributed by atoms with Gasteiger partial charge >= 0.3 is 5.97 Å². The van der Waals surface area contributed by atoms with E-state index in [0.717, 1.165) is 16.9 Å². The number of hydrogen-bond donors (Lipinski definition) is 2. The van der Waals surface area contributed by atoms with Crippen molar-refractivity contribution in [1.82, 2.24) is 4.98 Å². The summed E-state index contributed by atoms with van der Waals surface area (Å²) in [6.45, 7) is 1.76. The molecule has 2 rings (SSSR count). The molecule has 0 fully saturated rings. The van der Waals surface area contributed by atoms with Crippen LogP contribution in [-0.2, 0) is 0 Å². The highest BCUT2D eigenvalue weighted by atomic mass is 32.1. The summed E-state index contributed by atoms with van der Waals surface area (Å²) in [5, 5.41) is 13.5. The molecule has 0 aliphatic rings.